The van der Waals surface area contributed by atoms with E-state index in [4.69, 9.17) is 0 Å². The normalized spacial score (nSPS) is 18.6. The molecule has 0 bridgehead atoms. The number of thioether (sulfide) groups is 1. The Hall–Kier alpha value is -1.12. The van der Waals surface area contributed by atoms with Crippen LogP contribution in [0.4, 0.5) is 4.39 Å². The summed E-state index contributed by atoms with van der Waals surface area (Å²) >= 11 is 1.37. The lowest BCUT2D eigenvalue weighted by atomic mass is 10.2. The zero-order chi connectivity index (χ0) is 17.7. The molecule has 0 radical (unpaired) electrons. The van der Waals surface area contributed by atoms with E-state index < -0.39 is 15.4 Å². The van der Waals surface area contributed by atoms with Gasteiger partial charge in [-0.1, -0.05) is 32.0 Å². The van der Waals surface area contributed by atoms with Crippen LogP contribution in [0.25, 0.3) is 0 Å². The van der Waals surface area contributed by atoms with Gasteiger partial charge in [-0.05, 0) is 12.5 Å². The molecule has 1 atom stereocenters. The van der Waals surface area contributed by atoms with Gasteiger partial charge in [0.05, 0.1) is 11.5 Å². The molecule has 0 aromatic heterocycles. The van der Waals surface area contributed by atoms with Gasteiger partial charge in [-0.25, -0.2) is 17.1 Å². The van der Waals surface area contributed by atoms with Gasteiger partial charge < -0.3 is 4.90 Å². The summed E-state index contributed by atoms with van der Waals surface area (Å²) in [5.74, 6) is -0.0505. The second-order valence-electron chi connectivity index (χ2n) is 5.58. The highest BCUT2D eigenvalue weighted by Gasteiger charge is 2.34. The van der Waals surface area contributed by atoms with Gasteiger partial charge in [0.25, 0.3) is 0 Å². The molecule has 1 aromatic carbocycles. The number of halogens is 1. The van der Waals surface area contributed by atoms with E-state index in [0.717, 1.165) is 0 Å². The molecule has 0 saturated carbocycles. The van der Waals surface area contributed by atoms with Crippen molar-refractivity contribution in [3.05, 3.63) is 35.6 Å². The molecule has 1 aliphatic rings. The number of likely N-dealkylation sites (N-methyl/N-ethyl adjacent to an activating group) is 1. The quantitative estimate of drug-likeness (QED) is 0.701. The van der Waals surface area contributed by atoms with Gasteiger partial charge in [-0.2, -0.15) is 0 Å². The Balaban J connectivity index is 2.12. The first-order valence-corrected chi connectivity index (χ1v) is 10.7. The molecule has 1 aromatic rings. The highest BCUT2D eigenvalue weighted by molar-refractivity contribution is 8.00. The number of sulfonamides is 1. The van der Waals surface area contributed by atoms with E-state index in [1.54, 1.807) is 30.0 Å². The summed E-state index contributed by atoms with van der Waals surface area (Å²) in [5.41, 5.74) is 0.466. The Morgan fingerprint density at radius 2 is 2.04 bits per heavy atom. The minimum atomic E-state index is -3.31. The number of carbonyl (C=O) groups excluding carboxylic acids is 1. The first kappa shape index (κ1) is 19.2. The zero-order valence-corrected chi connectivity index (χ0v) is 15.6. The van der Waals surface area contributed by atoms with Gasteiger partial charge in [-0.15, -0.1) is 11.8 Å². The van der Waals surface area contributed by atoms with E-state index in [1.165, 1.54) is 22.1 Å². The molecule has 2 rings (SSSR count). The smallest absolute Gasteiger partial charge is 0.233 e. The molecule has 24 heavy (non-hydrogen) atoms. The van der Waals surface area contributed by atoms with Crippen LogP contribution in [0, 0.1) is 5.82 Å². The predicted octanol–water partition coefficient (Wildman–Crippen LogP) is 2.46. The summed E-state index contributed by atoms with van der Waals surface area (Å²) in [4.78, 5) is 13.7. The number of amides is 1. The van der Waals surface area contributed by atoms with Crippen molar-refractivity contribution >= 4 is 27.7 Å². The van der Waals surface area contributed by atoms with Crippen molar-refractivity contribution in [2.75, 3.05) is 31.1 Å². The summed E-state index contributed by atoms with van der Waals surface area (Å²) in [6, 6.07) is 6.40. The van der Waals surface area contributed by atoms with Crippen LogP contribution in [0.1, 0.15) is 31.2 Å². The van der Waals surface area contributed by atoms with Crippen LogP contribution in [0.5, 0.6) is 0 Å². The largest absolute Gasteiger partial charge is 0.324 e. The first-order valence-electron chi connectivity index (χ1n) is 8.04. The van der Waals surface area contributed by atoms with E-state index in [-0.39, 0.29) is 36.3 Å². The molecule has 1 heterocycles. The van der Waals surface area contributed by atoms with Crippen LogP contribution in [0.15, 0.2) is 24.3 Å². The van der Waals surface area contributed by atoms with Crippen molar-refractivity contribution in [2.24, 2.45) is 0 Å². The number of carbonyl (C=O) groups is 1. The maximum atomic E-state index is 14.0. The molecular weight excluding hydrogens is 351 g/mol. The third-order valence-corrected chi connectivity index (χ3v) is 7.33. The second-order valence-corrected chi connectivity index (χ2v) is 8.74. The van der Waals surface area contributed by atoms with E-state index in [0.29, 0.717) is 18.5 Å². The molecule has 5 nitrogen and oxygen atoms in total. The highest BCUT2D eigenvalue weighted by atomic mass is 32.2. The molecular formula is C16H23FN2O3S2. The van der Waals surface area contributed by atoms with Crippen molar-refractivity contribution in [2.45, 2.75) is 25.6 Å². The van der Waals surface area contributed by atoms with E-state index >= 15 is 0 Å². The highest BCUT2D eigenvalue weighted by Crippen LogP contribution is 2.39. The Kier molecular flexibility index (Phi) is 6.65. The Morgan fingerprint density at radius 1 is 1.33 bits per heavy atom. The summed E-state index contributed by atoms with van der Waals surface area (Å²) in [6.45, 7) is 4.46. The standard InChI is InChI=1S/C16H23FN2O3S2/c1-3-11-24(21,22)18(4-2)9-10-19-15(20)12-23-16(19)13-7-5-6-8-14(13)17/h5-8,16H,3-4,9-12H2,1-2H3. The van der Waals surface area contributed by atoms with Crippen LogP contribution in [-0.2, 0) is 14.8 Å². The van der Waals surface area contributed by atoms with Gasteiger partial charge in [0.2, 0.25) is 15.9 Å². The predicted molar refractivity (Wildman–Crippen MR) is 94.6 cm³/mol. The Morgan fingerprint density at radius 3 is 2.67 bits per heavy atom. The third-order valence-electron chi connectivity index (χ3n) is 3.94. The molecule has 134 valence electrons. The van der Waals surface area contributed by atoms with Gasteiger partial charge in [0.15, 0.2) is 0 Å². The average Bonchev–Trinajstić information content (AvgIpc) is 2.89. The molecule has 1 aliphatic heterocycles. The van der Waals surface area contributed by atoms with E-state index in [2.05, 4.69) is 0 Å². The molecule has 1 saturated heterocycles. The van der Waals surface area contributed by atoms with E-state index in [9.17, 15) is 17.6 Å². The Labute approximate surface area is 147 Å². The monoisotopic (exact) mass is 374 g/mol. The lowest BCUT2D eigenvalue weighted by molar-refractivity contribution is -0.128. The van der Waals surface area contributed by atoms with Crippen LogP contribution < -0.4 is 0 Å². The fraction of sp³-hybridized carbons (Fsp3) is 0.562. The van der Waals surface area contributed by atoms with E-state index in [1.807, 2.05) is 6.92 Å². The number of hydrogen-bond donors (Lipinski definition) is 0. The second kappa shape index (κ2) is 8.31. The number of rotatable bonds is 8. The molecule has 1 unspecified atom stereocenters. The van der Waals surface area contributed by atoms with Crippen LogP contribution >= 0.6 is 11.8 Å². The van der Waals surface area contributed by atoms with Crippen molar-refractivity contribution in [3.8, 4) is 0 Å². The van der Waals surface area contributed by atoms with Crippen molar-refractivity contribution in [1.82, 2.24) is 9.21 Å². The molecule has 0 spiro atoms. The summed E-state index contributed by atoms with van der Waals surface area (Å²) < 4.78 is 39.9. The van der Waals surface area contributed by atoms with Crippen LogP contribution in [0.2, 0.25) is 0 Å². The lowest BCUT2D eigenvalue weighted by Gasteiger charge is -2.28. The van der Waals surface area contributed by atoms with Gasteiger partial charge in [-0.3, -0.25) is 4.79 Å². The fourth-order valence-corrected chi connectivity index (χ4v) is 5.50. The minimum Gasteiger partial charge on any atom is -0.324 e. The SMILES string of the molecule is CCCS(=O)(=O)N(CC)CCN1C(=O)CSC1c1ccccc1F. The van der Waals surface area contributed by atoms with Gasteiger partial charge in [0, 0.05) is 25.2 Å². The number of nitrogens with zero attached hydrogens (tertiary/aromatic N) is 2. The maximum absolute atomic E-state index is 14.0. The molecule has 1 fully saturated rings. The zero-order valence-electron chi connectivity index (χ0n) is 13.9. The summed E-state index contributed by atoms with van der Waals surface area (Å²) in [7, 11) is -3.31. The van der Waals surface area contributed by atoms with Gasteiger partial charge in [0.1, 0.15) is 11.2 Å². The van der Waals surface area contributed by atoms with Crippen molar-refractivity contribution in [3.63, 3.8) is 0 Å². The minimum absolute atomic E-state index is 0.0859. The fourth-order valence-electron chi connectivity index (χ4n) is 2.73. The van der Waals surface area contributed by atoms with Crippen molar-refractivity contribution in [1.29, 1.82) is 0 Å². The third kappa shape index (κ3) is 4.29. The van der Waals surface area contributed by atoms with Crippen LogP contribution in [-0.4, -0.2) is 54.7 Å². The molecule has 0 N–H and O–H groups in total. The molecule has 0 aliphatic carbocycles. The topological polar surface area (TPSA) is 57.7 Å². The number of benzene rings is 1. The Bertz CT molecular complexity index is 682. The molecule has 8 heteroatoms. The number of hydrogen-bond acceptors (Lipinski definition) is 4. The first-order chi connectivity index (χ1) is 11.4. The maximum Gasteiger partial charge on any atom is 0.233 e. The van der Waals surface area contributed by atoms with Gasteiger partial charge >= 0.3 is 0 Å². The lowest BCUT2D eigenvalue weighted by Crippen LogP contribution is -2.40. The average molecular weight is 375 g/mol. The summed E-state index contributed by atoms with van der Waals surface area (Å²) in [5, 5.41) is -0.397. The van der Waals surface area contributed by atoms with Crippen molar-refractivity contribution < 1.29 is 17.6 Å². The van der Waals surface area contributed by atoms with Crippen LogP contribution in [0.3, 0.4) is 0 Å². The molecule has 1 amide bonds. The summed E-state index contributed by atoms with van der Waals surface area (Å²) in [6.07, 6.45) is 0.551.